The molecule has 0 N–H and O–H groups in total. The molecule has 0 spiro atoms. The number of methoxy groups -OCH3 is 1. The average molecular weight is 406 g/mol. The molecule has 2 heterocycles. The molecular formula is C21H18N4O3S. The number of nitrogens with zero attached hydrogens (tertiary/aromatic N) is 4. The summed E-state index contributed by atoms with van der Waals surface area (Å²) in [6.45, 7) is 4.09. The highest BCUT2D eigenvalue weighted by Gasteiger charge is 2.16. The van der Waals surface area contributed by atoms with Gasteiger partial charge in [-0.1, -0.05) is 42.1 Å². The summed E-state index contributed by atoms with van der Waals surface area (Å²) >= 11 is 1.51. The number of hydrogen-bond donors (Lipinski definition) is 0. The second kappa shape index (κ2) is 7.92. The van der Waals surface area contributed by atoms with Gasteiger partial charge >= 0.3 is 5.97 Å². The maximum atomic E-state index is 12.8. The number of carbonyl (C=O) groups excluding carboxylic acids is 1. The Labute approximate surface area is 170 Å². The van der Waals surface area contributed by atoms with E-state index in [0.29, 0.717) is 34.2 Å². The standard InChI is InChI=1S/C21H18N4O3S/c1-3-12-24-18(26)16-6-4-5-7-17(16)25-20(24)22-23-21(25)29-13-14-8-10-15(11-9-14)19(27)28-2/h3-11H,1,12-13H2,2H3. The Morgan fingerprint density at radius 1 is 1.17 bits per heavy atom. The fourth-order valence-corrected chi connectivity index (χ4v) is 4.02. The minimum atomic E-state index is -0.362. The molecule has 0 unspecified atom stereocenters. The number of carbonyl (C=O) groups is 1. The topological polar surface area (TPSA) is 78.5 Å². The molecule has 0 bridgehead atoms. The van der Waals surface area contributed by atoms with Gasteiger partial charge in [-0.3, -0.25) is 13.8 Å². The smallest absolute Gasteiger partial charge is 0.337 e. The van der Waals surface area contributed by atoms with Gasteiger partial charge in [0.15, 0.2) is 5.16 Å². The van der Waals surface area contributed by atoms with Gasteiger partial charge in [-0.25, -0.2) is 4.79 Å². The van der Waals surface area contributed by atoms with Crippen LogP contribution in [0.25, 0.3) is 16.7 Å². The molecule has 0 aliphatic heterocycles. The zero-order chi connectivity index (χ0) is 20.4. The number of ether oxygens (including phenoxy) is 1. The molecule has 2 aromatic heterocycles. The molecule has 0 fully saturated rings. The van der Waals surface area contributed by atoms with Crippen LogP contribution in [0.5, 0.6) is 0 Å². The van der Waals surface area contributed by atoms with Crippen molar-refractivity contribution in [3.05, 3.63) is 82.7 Å². The minimum absolute atomic E-state index is 0.115. The van der Waals surface area contributed by atoms with Crippen LogP contribution in [0.2, 0.25) is 0 Å². The quantitative estimate of drug-likeness (QED) is 0.278. The number of aromatic nitrogens is 4. The molecule has 8 heteroatoms. The van der Waals surface area contributed by atoms with E-state index in [1.54, 1.807) is 28.8 Å². The maximum absolute atomic E-state index is 12.8. The molecule has 29 heavy (non-hydrogen) atoms. The zero-order valence-corrected chi connectivity index (χ0v) is 16.6. The van der Waals surface area contributed by atoms with Gasteiger partial charge in [0.2, 0.25) is 5.78 Å². The van der Waals surface area contributed by atoms with Crippen molar-refractivity contribution in [3.63, 3.8) is 0 Å². The number of fused-ring (bicyclic) bond motifs is 3. The van der Waals surface area contributed by atoms with E-state index in [9.17, 15) is 9.59 Å². The van der Waals surface area contributed by atoms with Crippen LogP contribution in [0.1, 0.15) is 15.9 Å². The lowest BCUT2D eigenvalue weighted by molar-refractivity contribution is 0.0600. The summed E-state index contributed by atoms with van der Waals surface area (Å²) in [7, 11) is 1.36. The monoisotopic (exact) mass is 406 g/mol. The van der Waals surface area contributed by atoms with Crippen molar-refractivity contribution in [1.82, 2.24) is 19.2 Å². The molecule has 0 aliphatic rings. The van der Waals surface area contributed by atoms with Crippen molar-refractivity contribution in [2.75, 3.05) is 7.11 Å². The lowest BCUT2D eigenvalue weighted by Crippen LogP contribution is -2.22. The number of para-hydroxylation sites is 1. The molecular weight excluding hydrogens is 388 g/mol. The highest BCUT2D eigenvalue weighted by Crippen LogP contribution is 2.25. The van der Waals surface area contributed by atoms with Crippen LogP contribution in [-0.4, -0.2) is 32.2 Å². The van der Waals surface area contributed by atoms with E-state index in [0.717, 1.165) is 11.1 Å². The highest BCUT2D eigenvalue weighted by atomic mass is 32.2. The Bertz CT molecular complexity index is 1280. The second-order valence-electron chi connectivity index (χ2n) is 6.32. The number of thioether (sulfide) groups is 1. The van der Waals surface area contributed by atoms with Crippen LogP contribution in [0.15, 0.2) is 71.1 Å². The van der Waals surface area contributed by atoms with Gasteiger partial charge in [0.05, 0.1) is 23.6 Å². The Morgan fingerprint density at radius 3 is 2.66 bits per heavy atom. The number of allylic oxidation sites excluding steroid dienone is 1. The van der Waals surface area contributed by atoms with Crippen molar-refractivity contribution in [2.24, 2.45) is 0 Å². The van der Waals surface area contributed by atoms with Crippen molar-refractivity contribution < 1.29 is 9.53 Å². The van der Waals surface area contributed by atoms with E-state index in [-0.39, 0.29) is 11.5 Å². The van der Waals surface area contributed by atoms with Gasteiger partial charge in [-0.15, -0.1) is 16.8 Å². The summed E-state index contributed by atoms with van der Waals surface area (Å²) in [6, 6.07) is 14.7. The fraction of sp³-hybridized carbons (Fsp3) is 0.143. The van der Waals surface area contributed by atoms with Gasteiger partial charge < -0.3 is 4.74 Å². The lowest BCUT2D eigenvalue weighted by Gasteiger charge is -2.09. The Kier molecular flexibility index (Phi) is 5.18. The first kappa shape index (κ1) is 18.9. The van der Waals surface area contributed by atoms with Crippen molar-refractivity contribution in [3.8, 4) is 0 Å². The van der Waals surface area contributed by atoms with Gasteiger partial charge in [-0.05, 0) is 29.8 Å². The Balaban J connectivity index is 1.72. The van der Waals surface area contributed by atoms with Crippen molar-refractivity contribution in [1.29, 1.82) is 0 Å². The maximum Gasteiger partial charge on any atom is 0.337 e. The number of hydrogen-bond acceptors (Lipinski definition) is 6. The molecule has 4 rings (SSSR count). The summed E-state index contributed by atoms with van der Waals surface area (Å²) in [5.74, 6) is 0.758. The van der Waals surface area contributed by atoms with Crippen molar-refractivity contribution in [2.45, 2.75) is 17.5 Å². The normalized spacial score (nSPS) is 11.1. The molecule has 4 aromatic rings. The first-order valence-corrected chi connectivity index (χ1v) is 9.90. The SMILES string of the molecule is C=CCn1c(=O)c2ccccc2n2c(SCc3ccc(C(=O)OC)cc3)nnc12. The van der Waals surface area contributed by atoms with E-state index in [1.165, 1.54) is 18.9 Å². The summed E-state index contributed by atoms with van der Waals surface area (Å²) in [4.78, 5) is 24.4. The van der Waals surface area contributed by atoms with Crippen LogP contribution in [0.4, 0.5) is 0 Å². The number of esters is 1. The van der Waals surface area contributed by atoms with E-state index >= 15 is 0 Å². The summed E-state index contributed by atoms with van der Waals surface area (Å²) in [5, 5.41) is 9.86. The van der Waals surface area contributed by atoms with E-state index < -0.39 is 0 Å². The first-order chi connectivity index (χ1) is 14.1. The fourth-order valence-electron chi connectivity index (χ4n) is 3.12. The Hall–Kier alpha value is -3.39. The van der Waals surface area contributed by atoms with Gasteiger partial charge in [0.25, 0.3) is 5.56 Å². The molecule has 0 radical (unpaired) electrons. The molecule has 0 saturated carbocycles. The van der Waals surface area contributed by atoms with E-state index in [1.807, 2.05) is 34.7 Å². The number of rotatable bonds is 6. The number of benzene rings is 2. The predicted molar refractivity (Wildman–Crippen MR) is 112 cm³/mol. The van der Waals surface area contributed by atoms with E-state index in [2.05, 4.69) is 16.8 Å². The van der Waals surface area contributed by atoms with Gasteiger partial charge in [0, 0.05) is 12.3 Å². The van der Waals surface area contributed by atoms with Crippen LogP contribution in [0, 0.1) is 0 Å². The second-order valence-corrected chi connectivity index (χ2v) is 7.26. The lowest BCUT2D eigenvalue weighted by atomic mass is 10.1. The minimum Gasteiger partial charge on any atom is -0.465 e. The molecule has 2 aromatic carbocycles. The average Bonchev–Trinajstić information content (AvgIpc) is 3.19. The summed E-state index contributed by atoms with van der Waals surface area (Å²) < 4.78 is 8.19. The third-order valence-electron chi connectivity index (χ3n) is 4.53. The molecule has 7 nitrogen and oxygen atoms in total. The largest absolute Gasteiger partial charge is 0.465 e. The summed E-state index contributed by atoms with van der Waals surface area (Å²) in [5.41, 5.74) is 2.19. The zero-order valence-electron chi connectivity index (χ0n) is 15.7. The van der Waals surface area contributed by atoms with Crippen molar-refractivity contribution >= 4 is 34.4 Å². The van der Waals surface area contributed by atoms with Gasteiger partial charge in [0.1, 0.15) is 0 Å². The van der Waals surface area contributed by atoms with Crippen LogP contribution < -0.4 is 5.56 Å². The van der Waals surface area contributed by atoms with E-state index in [4.69, 9.17) is 4.74 Å². The van der Waals surface area contributed by atoms with Crippen LogP contribution in [0.3, 0.4) is 0 Å². The van der Waals surface area contributed by atoms with Crippen LogP contribution >= 0.6 is 11.8 Å². The Morgan fingerprint density at radius 2 is 1.93 bits per heavy atom. The van der Waals surface area contributed by atoms with Gasteiger partial charge in [-0.2, -0.15) is 0 Å². The third kappa shape index (κ3) is 3.42. The van der Waals surface area contributed by atoms with Crippen LogP contribution in [-0.2, 0) is 17.0 Å². The molecule has 0 aliphatic carbocycles. The third-order valence-corrected chi connectivity index (χ3v) is 5.53. The molecule has 146 valence electrons. The summed E-state index contributed by atoms with van der Waals surface area (Å²) in [6.07, 6.45) is 1.67. The molecule has 0 amide bonds. The molecule has 0 atom stereocenters. The first-order valence-electron chi connectivity index (χ1n) is 8.91. The highest BCUT2D eigenvalue weighted by molar-refractivity contribution is 7.98. The molecule has 0 saturated heterocycles. The predicted octanol–water partition coefficient (Wildman–Crippen LogP) is 3.31.